The Morgan fingerprint density at radius 2 is 1.50 bits per heavy atom. The molecule has 4 nitrogen and oxygen atoms in total. The van der Waals surface area contributed by atoms with Crippen LogP contribution in [0.5, 0.6) is 11.5 Å². The normalized spacial score (nSPS) is 14.1. The molecule has 0 N–H and O–H groups in total. The van der Waals surface area contributed by atoms with Crippen LogP contribution in [0.3, 0.4) is 0 Å². The Balaban J connectivity index is 1.92. The zero-order valence-electron chi connectivity index (χ0n) is 13.9. The maximum absolute atomic E-state index is 12.2. The molecule has 130 valence electrons. The van der Waals surface area contributed by atoms with Crippen LogP contribution >= 0.6 is 11.6 Å². The summed E-state index contributed by atoms with van der Waals surface area (Å²) in [6.45, 7) is 0. The van der Waals surface area contributed by atoms with Crippen molar-refractivity contribution in [3.8, 4) is 11.5 Å². The molecule has 3 aromatic rings. The zero-order chi connectivity index (χ0) is 18.1. The lowest BCUT2D eigenvalue weighted by Crippen LogP contribution is -2.36. The topological polar surface area (TPSA) is 44.8 Å². The van der Waals surface area contributed by atoms with Crippen LogP contribution in [0.15, 0.2) is 72.8 Å². The lowest BCUT2D eigenvalue weighted by Gasteiger charge is -2.28. The van der Waals surface area contributed by atoms with E-state index in [1.54, 1.807) is 6.07 Å². The molecule has 5 heteroatoms. The lowest BCUT2D eigenvalue weighted by atomic mass is 9.97. The Labute approximate surface area is 155 Å². The summed E-state index contributed by atoms with van der Waals surface area (Å²) in [7, 11) is 1.31. The molecule has 0 radical (unpaired) electrons. The summed E-state index contributed by atoms with van der Waals surface area (Å²) in [6.07, 6.45) is 0. The minimum atomic E-state index is -1.21. The summed E-state index contributed by atoms with van der Waals surface area (Å²) >= 11 is 6.17. The Morgan fingerprint density at radius 1 is 0.923 bits per heavy atom. The van der Waals surface area contributed by atoms with E-state index in [-0.39, 0.29) is 5.56 Å². The highest BCUT2D eigenvalue weighted by Crippen LogP contribution is 2.50. The van der Waals surface area contributed by atoms with Crippen LogP contribution < -0.4 is 9.47 Å². The fraction of sp³-hybridized carbons (Fsp3) is 0.0952. The fourth-order valence-corrected chi connectivity index (χ4v) is 3.26. The number of methoxy groups -OCH3 is 1. The van der Waals surface area contributed by atoms with Crippen molar-refractivity contribution in [3.05, 3.63) is 94.5 Å². The first-order chi connectivity index (χ1) is 12.6. The van der Waals surface area contributed by atoms with E-state index in [4.69, 9.17) is 25.8 Å². The van der Waals surface area contributed by atoms with Gasteiger partial charge in [0.05, 0.1) is 7.11 Å². The van der Waals surface area contributed by atoms with Gasteiger partial charge in [0.1, 0.15) is 5.56 Å². The third-order valence-corrected chi connectivity index (χ3v) is 4.45. The van der Waals surface area contributed by atoms with E-state index in [2.05, 4.69) is 0 Å². The molecule has 0 saturated carbocycles. The van der Waals surface area contributed by atoms with Crippen molar-refractivity contribution in [3.63, 3.8) is 0 Å². The number of rotatable bonds is 3. The molecular formula is C21H15ClO4. The predicted molar refractivity (Wildman–Crippen MR) is 97.7 cm³/mol. The average molecular weight is 367 g/mol. The van der Waals surface area contributed by atoms with Gasteiger partial charge in [-0.1, -0.05) is 72.3 Å². The first kappa shape index (κ1) is 16.5. The van der Waals surface area contributed by atoms with Gasteiger partial charge in [-0.15, -0.1) is 0 Å². The van der Waals surface area contributed by atoms with Crippen molar-refractivity contribution in [1.82, 2.24) is 0 Å². The summed E-state index contributed by atoms with van der Waals surface area (Å²) in [5.41, 5.74) is 1.83. The highest BCUT2D eigenvalue weighted by molar-refractivity contribution is 6.31. The van der Waals surface area contributed by atoms with Gasteiger partial charge < -0.3 is 14.2 Å². The molecule has 1 heterocycles. The number of hydrogen-bond acceptors (Lipinski definition) is 4. The molecule has 26 heavy (non-hydrogen) atoms. The Hall–Kier alpha value is -2.98. The van der Waals surface area contributed by atoms with Crippen LogP contribution in [0.2, 0.25) is 5.02 Å². The highest BCUT2D eigenvalue weighted by atomic mass is 35.5. The summed E-state index contributed by atoms with van der Waals surface area (Å²) in [4.78, 5) is 12.2. The molecule has 0 amide bonds. The quantitative estimate of drug-likeness (QED) is 0.625. The SMILES string of the molecule is COC(=O)c1cc(Cl)cc2c1OC(c1ccccc1)(c1ccccc1)O2. The minimum absolute atomic E-state index is 0.226. The van der Waals surface area contributed by atoms with Gasteiger partial charge >= 0.3 is 11.8 Å². The van der Waals surface area contributed by atoms with E-state index >= 15 is 0 Å². The first-order valence-corrected chi connectivity index (χ1v) is 8.43. The Bertz CT molecular complexity index is 915. The van der Waals surface area contributed by atoms with Gasteiger partial charge in [0.2, 0.25) is 0 Å². The van der Waals surface area contributed by atoms with Gasteiger partial charge in [0, 0.05) is 22.2 Å². The van der Waals surface area contributed by atoms with Crippen molar-refractivity contribution >= 4 is 17.6 Å². The van der Waals surface area contributed by atoms with Crippen molar-refractivity contribution in [2.24, 2.45) is 0 Å². The Kier molecular flexibility index (Phi) is 4.05. The Morgan fingerprint density at radius 3 is 2.04 bits per heavy atom. The number of ether oxygens (including phenoxy) is 3. The van der Waals surface area contributed by atoms with Gasteiger partial charge in [-0.2, -0.15) is 0 Å². The van der Waals surface area contributed by atoms with Crippen molar-refractivity contribution in [2.75, 3.05) is 7.11 Å². The third-order valence-electron chi connectivity index (χ3n) is 4.23. The van der Waals surface area contributed by atoms with Crippen LogP contribution in [0.25, 0.3) is 0 Å². The summed E-state index contributed by atoms with van der Waals surface area (Å²) in [6, 6.07) is 22.3. The molecule has 1 aliphatic heterocycles. The van der Waals surface area contributed by atoms with Gasteiger partial charge in [0.15, 0.2) is 11.5 Å². The number of benzene rings is 3. The molecule has 0 spiro atoms. The molecule has 1 aliphatic rings. The van der Waals surface area contributed by atoms with E-state index in [0.29, 0.717) is 16.5 Å². The van der Waals surface area contributed by atoms with Crippen LogP contribution in [0, 0.1) is 0 Å². The largest absolute Gasteiger partial charge is 0.465 e. The molecule has 0 aliphatic carbocycles. The number of hydrogen-bond donors (Lipinski definition) is 0. The van der Waals surface area contributed by atoms with Gasteiger partial charge in [-0.25, -0.2) is 4.79 Å². The maximum atomic E-state index is 12.2. The second kappa shape index (κ2) is 6.39. The molecule has 4 rings (SSSR count). The number of halogens is 1. The standard InChI is InChI=1S/C21H15ClO4/c1-24-20(23)17-12-16(22)13-18-19(17)26-21(25-18,14-8-4-2-5-9-14)15-10-6-3-7-11-15/h2-13H,1H3. The number of esters is 1. The second-order valence-corrected chi connectivity index (χ2v) is 6.26. The van der Waals surface area contributed by atoms with E-state index in [9.17, 15) is 4.79 Å². The van der Waals surface area contributed by atoms with E-state index < -0.39 is 11.8 Å². The van der Waals surface area contributed by atoms with Gasteiger partial charge in [0.25, 0.3) is 0 Å². The predicted octanol–water partition coefficient (Wildman–Crippen LogP) is 4.80. The van der Waals surface area contributed by atoms with Crippen LogP contribution in [-0.4, -0.2) is 13.1 Å². The minimum Gasteiger partial charge on any atom is -0.465 e. The summed E-state index contributed by atoms with van der Waals surface area (Å²) < 4.78 is 17.4. The molecular weight excluding hydrogens is 352 g/mol. The maximum Gasteiger partial charge on any atom is 0.341 e. The molecule has 3 aromatic carbocycles. The molecule has 0 aromatic heterocycles. The van der Waals surface area contributed by atoms with E-state index in [1.807, 2.05) is 60.7 Å². The zero-order valence-corrected chi connectivity index (χ0v) is 14.7. The lowest BCUT2D eigenvalue weighted by molar-refractivity contribution is -0.0462. The second-order valence-electron chi connectivity index (χ2n) is 5.82. The summed E-state index contributed by atoms with van der Waals surface area (Å²) in [5, 5.41) is 0.365. The average Bonchev–Trinajstić information content (AvgIpc) is 3.08. The molecule has 0 atom stereocenters. The van der Waals surface area contributed by atoms with E-state index in [0.717, 1.165) is 11.1 Å². The van der Waals surface area contributed by atoms with Crippen LogP contribution in [0.1, 0.15) is 21.5 Å². The summed E-state index contributed by atoms with van der Waals surface area (Å²) in [5.74, 6) is -1.04. The highest BCUT2D eigenvalue weighted by Gasteiger charge is 2.47. The molecule has 0 unspecified atom stereocenters. The van der Waals surface area contributed by atoms with Crippen molar-refractivity contribution in [2.45, 2.75) is 5.79 Å². The number of carbonyl (C=O) groups excluding carboxylic acids is 1. The van der Waals surface area contributed by atoms with Crippen molar-refractivity contribution in [1.29, 1.82) is 0 Å². The number of fused-ring (bicyclic) bond motifs is 1. The molecule has 0 bridgehead atoms. The van der Waals surface area contributed by atoms with Crippen molar-refractivity contribution < 1.29 is 19.0 Å². The third kappa shape index (κ3) is 2.59. The van der Waals surface area contributed by atoms with Crippen LogP contribution in [0.4, 0.5) is 0 Å². The van der Waals surface area contributed by atoms with E-state index in [1.165, 1.54) is 13.2 Å². The first-order valence-electron chi connectivity index (χ1n) is 8.05. The molecule has 0 fully saturated rings. The molecule has 0 saturated heterocycles. The monoisotopic (exact) mass is 366 g/mol. The number of carbonyl (C=O) groups is 1. The van der Waals surface area contributed by atoms with Gasteiger partial charge in [-0.05, 0) is 6.07 Å². The van der Waals surface area contributed by atoms with Crippen LogP contribution in [-0.2, 0) is 10.5 Å². The van der Waals surface area contributed by atoms with Gasteiger partial charge in [-0.3, -0.25) is 0 Å². The smallest absolute Gasteiger partial charge is 0.341 e. The fourth-order valence-electron chi connectivity index (χ4n) is 3.05.